The van der Waals surface area contributed by atoms with Gasteiger partial charge in [0.1, 0.15) is 0 Å². The molecule has 3 N–H and O–H groups in total. The standard InChI is InChI=1S/C15H22N4O/c1-3-5-13-12(4-2)14(19-18-13)15(20)17-10-11-6-8-16-9-7-11/h3-5,11,16,18H,1,6-10H2,2H3,(H,17,20)/b12-4+,13-5+. The Morgan fingerprint density at radius 2 is 2.25 bits per heavy atom. The molecule has 0 aliphatic carbocycles. The zero-order chi connectivity index (χ0) is 14.4. The summed E-state index contributed by atoms with van der Waals surface area (Å²) in [6.07, 6.45) is 7.60. The van der Waals surface area contributed by atoms with Crippen LogP contribution >= 0.6 is 0 Å². The van der Waals surface area contributed by atoms with Crippen LogP contribution in [0.25, 0.3) is 12.2 Å². The van der Waals surface area contributed by atoms with Crippen LogP contribution in [0.3, 0.4) is 0 Å². The van der Waals surface area contributed by atoms with Gasteiger partial charge in [0.15, 0.2) is 5.69 Å². The van der Waals surface area contributed by atoms with Crippen LogP contribution in [0.2, 0.25) is 0 Å². The molecule has 2 rings (SSSR count). The zero-order valence-corrected chi connectivity index (χ0v) is 11.9. The number of hydrogen-bond donors (Lipinski definition) is 3. The summed E-state index contributed by atoms with van der Waals surface area (Å²) in [7, 11) is 0. The van der Waals surface area contributed by atoms with E-state index in [2.05, 4.69) is 27.4 Å². The van der Waals surface area contributed by atoms with Gasteiger partial charge >= 0.3 is 0 Å². The predicted octanol–water partition coefficient (Wildman–Crippen LogP) is -0.0940. The molecule has 0 spiro atoms. The van der Waals surface area contributed by atoms with Crippen molar-refractivity contribution in [2.75, 3.05) is 19.6 Å². The van der Waals surface area contributed by atoms with E-state index < -0.39 is 0 Å². The minimum absolute atomic E-state index is 0.114. The zero-order valence-electron chi connectivity index (χ0n) is 11.9. The van der Waals surface area contributed by atoms with Gasteiger partial charge in [0.2, 0.25) is 0 Å². The van der Waals surface area contributed by atoms with E-state index in [4.69, 9.17) is 0 Å². The number of aromatic nitrogens is 2. The molecule has 0 unspecified atom stereocenters. The first-order valence-corrected chi connectivity index (χ1v) is 7.08. The number of nitrogens with one attached hydrogen (secondary N) is 3. The van der Waals surface area contributed by atoms with Crippen LogP contribution in [0.15, 0.2) is 12.7 Å². The number of hydrogen-bond acceptors (Lipinski definition) is 3. The number of aromatic amines is 1. The van der Waals surface area contributed by atoms with Crippen molar-refractivity contribution in [3.63, 3.8) is 0 Å². The summed E-state index contributed by atoms with van der Waals surface area (Å²) in [5, 5.41) is 14.9. The lowest BCUT2D eigenvalue weighted by molar-refractivity contribution is 0.0938. The largest absolute Gasteiger partial charge is 0.350 e. The highest BCUT2D eigenvalue weighted by Gasteiger charge is 2.16. The first-order chi connectivity index (χ1) is 9.76. The van der Waals surface area contributed by atoms with Gasteiger partial charge in [-0.3, -0.25) is 9.89 Å². The van der Waals surface area contributed by atoms with Crippen molar-refractivity contribution in [3.05, 3.63) is 28.9 Å². The number of amides is 1. The maximum atomic E-state index is 12.2. The van der Waals surface area contributed by atoms with Crippen LogP contribution in [0.5, 0.6) is 0 Å². The molecule has 5 heteroatoms. The van der Waals surface area contributed by atoms with E-state index in [9.17, 15) is 4.79 Å². The smallest absolute Gasteiger partial charge is 0.272 e. The number of carbonyl (C=O) groups is 1. The summed E-state index contributed by atoms with van der Waals surface area (Å²) < 4.78 is 0. The summed E-state index contributed by atoms with van der Waals surface area (Å²) in [5.74, 6) is 0.448. The second kappa shape index (κ2) is 7.05. The van der Waals surface area contributed by atoms with Gasteiger partial charge in [-0.1, -0.05) is 18.7 Å². The third-order valence-electron chi connectivity index (χ3n) is 3.63. The van der Waals surface area contributed by atoms with Crippen LogP contribution in [-0.4, -0.2) is 35.7 Å². The molecule has 5 nitrogen and oxygen atoms in total. The van der Waals surface area contributed by atoms with Crippen molar-refractivity contribution in [2.45, 2.75) is 19.8 Å². The molecule has 0 bridgehead atoms. The Labute approximate surface area is 118 Å². The fourth-order valence-corrected chi connectivity index (χ4v) is 2.48. The quantitative estimate of drug-likeness (QED) is 0.718. The van der Waals surface area contributed by atoms with Crippen LogP contribution in [-0.2, 0) is 0 Å². The average molecular weight is 274 g/mol. The van der Waals surface area contributed by atoms with Gasteiger partial charge in [0.05, 0.1) is 5.35 Å². The summed E-state index contributed by atoms with van der Waals surface area (Å²) >= 11 is 0. The Morgan fingerprint density at radius 3 is 2.90 bits per heavy atom. The summed E-state index contributed by atoms with van der Waals surface area (Å²) in [6.45, 7) is 8.35. The molecule has 108 valence electrons. The van der Waals surface area contributed by atoms with Crippen LogP contribution in [0.1, 0.15) is 30.3 Å². The van der Waals surface area contributed by atoms with Gasteiger partial charge in [-0.2, -0.15) is 5.10 Å². The molecule has 0 aromatic carbocycles. The van der Waals surface area contributed by atoms with Gasteiger partial charge in [-0.25, -0.2) is 0 Å². The maximum absolute atomic E-state index is 12.2. The average Bonchev–Trinajstić information content (AvgIpc) is 2.89. The highest BCUT2D eigenvalue weighted by Crippen LogP contribution is 2.09. The van der Waals surface area contributed by atoms with E-state index in [-0.39, 0.29) is 5.91 Å². The number of piperidine rings is 1. The SMILES string of the molecule is C=C/C=c1/[nH]nc(C(=O)NCC2CCNCC2)/c1=C/C. The van der Waals surface area contributed by atoms with Crippen molar-refractivity contribution in [1.82, 2.24) is 20.8 Å². The molecule has 2 heterocycles. The molecule has 0 atom stereocenters. The fourth-order valence-electron chi connectivity index (χ4n) is 2.48. The topological polar surface area (TPSA) is 69.8 Å². The normalized spacial score (nSPS) is 18.2. The first-order valence-electron chi connectivity index (χ1n) is 7.08. The minimum atomic E-state index is -0.114. The van der Waals surface area contributed by atoms with Crippen LogP contribution in [0, 0.1) is 5.92 Å². The minimum Gasteiger partial charge on any atom is -0.350 e. The van der Waals surface area contributed by atoms with E-state index >= 15 is 0 Å². The van der Waals surface area contributed by atoms with Gasteiger partial charge < -0.3 is 10.6 Å². The summed E-state index contributed by atoms with van der Waals surface area (Å²) in [6, 6.07) is 0. The van der Waals surface area contributed by atoms with Crippen molar-refractivity contribution in [1.29, 1.82) is 0 Å². The van der Waals surface area contributed by atoms with Crippen molar-refractivity contribution < 1.29 is 4.79 Å². The highest BCUT2D eigenvalue weighted by molar-refractivity contribution is 5.92. The first kappa shape index (κ1) is 14.5. The molecule has 1 amide bonds. The molecule has 0 saturated carbocycles. The van der Waals surface area contributed by atoms with Gasteiger partial charge in [0.25, 0.3) is 5.91 Å². The molecular formula is C15H22N4O. The fraction of sp³-hybridized carbons (Fsp3) is 0.467. The third-order valence-corrected chi connectivity index (χ3v) is 3.63. The molecule has 1 aliphatic heterocycles. The van der Waals surface area contributed by atoms with E-state index in [1.54, 1.807) is 6.08 Å². The Morgan fingerprint density at radius 1 is 1.50 bits per heavy atom. The lowest BCUT2D eigenvalue weighted by Gasteiger charge is -2.22. The third kappa shape index (κ3) is 3.36. The van der Waals surface area contributed by atoms with Crippen LogP contribution in [0.4, 0.5) is 0 Å². The van der Waals surface area contributed by atoms with E-state index in [1.165, 1.54) is 0 Å². The molecule has 1 fully saturated rings. The van der Waals surface area contributed by atoms with E-state index in [0.717, 1.165) is 43.0 Å². The molecule has 1 saturated heterocycles. The second-order valence-corrected chi connectivity index (χ2v) is 4.99. The Bertz CT molecular complexity index is 582. The van der Waals surface area contributed by atoms with Gasteiger partial charge in [0, 0.05) is 11.8 Å². The van der Waals surface area contributed by atoms with E-state index in [1.807, 2.05) is 19.1 Å². The van der Waals surface area contributed by atoms with Crippen LogP contribution < -0.4 is 21.2 Å². The van der Waals surface area contributed by atoms with Gasteiger partial charge in [-0.05, 0) is 44.8 Å². The van der Waals surface area contributed by atoms with Crippen molar-refractivity contribution in [3.8, 4) is 0 Å². The molecule has 0 radical (unpaired) electrons. The predicted molar refractivity (Wildman–Crippen MR) is 80.6 cm³/mol. The van der Waals surface area contributed by atoms with E-state index in [0.29, 0.717) is 11.6 Å². The number of rotatable bonds is 4. The Kier molecular flexibility index (Phi) is 5.12. The van der Waals surface area contributed by atoms with Crippen molar-refractivity contribution in [2.24, 2.45) is 5.92 Å². The highest BCUT2D eigenvalue weighted by atomic mass is 16.1. The van der Waals surface area contributed by atoms with Crippen molar-refractivity contribution >= 4 is 18.1 Å². The number of carbonyl (C=O) groups excluding carboxylic acids is 1. The monoisotopic (exact) mass is 274 g/mol. The number of H-pyrrole nitrogens is 1. The Balaban J connectivity index is 2.06. The molecule has 1 aliphatic rings. The van der Waals surface area contributed by atoms with Gasteiger partial charge in [-0.15, -0.1) is 0 Å². The lowest BCUT2D eigenvalue weighted by atomic mass is 9.98. The molecule has 20 heavy (non-hydrogen) atoms. The number of allylic oxidation sites excluding steroid dienone is 1. The molecule has 1 aromatic rings. The molecular weight excluding hydrogens is 252 g/mol. The summed E-state index contributed by atoms with van der Waals surface area (Å²) in [4.78, 5) is 12.2. The Hall–Kier alpha value is -1.88. The molecule has 1 aromatic heterocycles. The number of nitrogens with zero attached hydrogens (tertiary/aromatic N) is 1. The lowest BCUT2D eigenvalue weighted by Crippen LogP contribution is -2.38. The second-order valence-electron chi connectivity index (χ2n) is 4.99. The maximum Gasteiger partial charge on any atom is 0.272 e. The summed E-state index contributed by atoms with van der Waals surface area (Å²) in [5.41, 5.74) is 0.453.